The molecular formula is C26H55NO8P+. The van der Waals surface area contributed by atoms with E-state index in [2.05, 4.69) is 11.8 Å². The Labute approximate surface area is 219 Å². The number of phosphoric acid groups is 1. The molecule has 0 aliphatic carbocycles. The first-order valence-electron chi connectivity index (χ1n) is 14.0. The second-order valence-electron chi connectivity index (χ2n) is 10.8. The van der Waals surface area contributed by atoms with E-state index in [1.54, 1.807) is 0 Å². The van der Waals surface area contributed by atoms with Gasteiger partial charge in [0.15, 0.2) is 11.9 Å². The molecule has 3 atom stereocenters. The first-order chi connectivity index (χ1) is 17.1. The molecule has 0 aromatic heterocycles. The summed E-state index contributed by atoms with van der Waals surface area (Å²) in [4.78, 5) is 26.8. The maximum Gasteiger partial charge on any atom is 0.473 e. The van der Waals surface area contributed by atoms with Crippen LogP contribution in [0.5, 0.6) is 0 Å². The van der Waals surface area contributed by atoms with E-state index in [1.165, 1.54) is 70.6 Å². The molecule has 0 radical (unpaired) electrons. The summed E-state index contributed by atoms with van der Waals surface area (Å²) in [7, 11) is 1.12. The highest BCUT2D eigenvalue weighted by atomic mass is 31.2. The number of likely N-dealkylation sites (N-methyl/N-ethyl adjacent to an activating group) is 1. The Morgan fingerprint density at radius 1 is 0.833 bits per heavy atom. The van der Waals surface area contributed by atoms with Crippen molar-refractivity contribution in [3.05, 3.63) is 0 Å². The van der Waals surface area contributed by atoms with Gasteiger partial charge in [0.2, 0.25) is 0 Å². The second kappa shape index (κ2) is 21.5. The van der Waals surface area contributed by atoms with Crippen LogP contribution in [-0.2, 0) is 23.3 Å². The van der Waals surface area contributed by atoms with E-state index in [4.69, 9.17) is 14.3 Å². The summed E-state index contributed by atoms with van der Waals surface area (Å²) >= 11 is 0. The minimum atomic E-state index is -4.58. The molecule has 0 fully saturated rings. The molecule has 10 heteroatoms. The van der Waals surface area contributed by atoms with Gasteiger partial charge in [-0.2, -0.15) is 0 Å². The maximum atomic E-state index is 12.6. The molecule has 0 saturated heterocycles. The van der Waals surface area contributed by atoms with Gasteiger partial charge in [-0.25, -0.2) is 9.45 Å². The number of carbonyl (C=O) groups excluding carboxylic acids is 1. The fourth-order valence-electron chi connectivity index (χ4n) is 3.94. The van der Waals surface area contributed by atoms with Crippen molar-refractivity contribution in [1.29, 1.82) is 0 Å². The van der Waals surface area contributed by atoms with E-state index >= 15 is 0 Å². The third kappa shape index (κ3) is 20.7. The van der Waals surface area contributed by atoms with Crippen LogP contribution in [0.2, 0.25) is 0 Å². The van der Waals surface area contributed by atoms with E-state index in [-0.39, 0.29) is 13.0 Å². The van der Waals surface area contributed by atoms with E-state index < -0.39 is 32.4 Å². The quantitative estimate of drug-likeness (QED) is 0.0409. The number of rotatable bonds is 26. The summed E-state index contributed by atoms with van der Waals surface area (Å²) in [6.45, 7) is 1.90. The van der Waals surface area contributed by atoms with Gasteiger partial charge in [0.25, 0.3) is 0 Å². The van der Waals surface area contributed by atoms with E-state index in [0.717, 1.165) is 19.3 Å². The first-order valence-corrected chi connectivity index (χ1v) is 15.5. The van der Waals surface area contributed by atoms with Crippen LogP contribution >= 0.6 is 7.82 Å². The number of nitrogens with zero attached hydrogens (tertiary/aromatic N) is 1. The van der Waals surface area contributed by atoms with Crippen molar-refractivity contribution in [3.8, 4) is 0 Å². The molecule has 0 saturated carbocycles. The molecule has 0 amide bonds. The van der Waals surface area contributed by atoms with Crippen molar-refractivity contribution in [1.82, 2.24) is 0 Å². The maximum absolute atomic E-state index is 12.6. The fraction of sp³-hybridized carbons (Fsp3) is 0.962. The number of aliphatic hydroxyl groups is 1. The lowest BCUT2D eigenvalue weighted by Crippen LogP contribution is -2.40. The Morgan fingerprint density at radius 2 is 1.28 bits per heavy atom. The largest absolute Gasteiger partial charge is 0.473 e. The molecule has 36 heavy (non-hydrogen) atoms. The molecule has 3 N–H and O–H groups in total. The smallest absolute Gasteiger partial charge is 0.393 e. The first kappa shape index (κ1) is 35.6. The van der Waals surface area contributed by atoms with Gasteiger partial charge in [0, 0.05) is 6.42 Å². The average molecular weight is 541 g/mol. The standard InChI is InChI=1S/C26H54NO8P/c1-5-6-7-8-9-10-11-12-13-14-15-16-17-18-19-20-24(29)26(25(23-28)34-30)35-36(31,32)33-22-21-27(2,3)4/h25-26,28H,5-23H2,1-4H3,(H-,30,31,32)/p+1/t25-,26?/m0/s1. The SMILES string of the molecule is CCCCCCCCCCCCCCCCCC(=O)C(OP(=O)(O)OCC[N+](C)(C)C)[C@H](CO)OO. The number of quaternary nitrogens is 1. The van der Waals surface area contributed by atoms with Gasteiger partial charge in [-0.05, 0) is 6.42 Å². The molecule has 0 aliphatic rings. The minimum absolute atomic E-state index is 0.0546. The zero-order valence-corrected chi connectivity index (χ0v) is 24.3. The normalized spacial score (nSPS) is 15.5. The summed E-state index contributed by atoms with van der Waals surface area (Å²) < 4.78 is 22.8. The summed E-state index contributed by atoms with van der Waals surface area (Å²) in [5.41, 5.74) is 0. The van der Waals surface area contributed by atoms with Crippen LogP contribution in [0.3, 0.4) is 0 Å². The number of Topliss-reactive ketones (excluding diaryl/α,β-unsaturated/α-hetero) is 1. The van der Waals surface area contributed by atoms with Crippen LogP contribution in [0.15, 0.2) is 0 Å². The second-order valence-corrected chi connectivity index (χ2v) is 12.2. The van der Waals surface area contributed by atoms with E-state index in [1.807, 2.05) is 21.1 Å². The van der Waals surface area contributed by atoms with Gasteiger partial charge in [-0.3, -0.25) is 19.1 Å². The minimum Gasteiger partial charge on any atom is -0.393 e. The molecule has 0 rings (SSSR count). The third-order valence-electron chi connectivity index (χ3n) is 6.26. The highest BCUT2D eigenvalue weighted by molar-refractivity contribution is 7.47. The van der Waals surface area contributed by atoms with Crippen molar-refractivity contribution in [3.63, 3.8) is 0 Å². The van der Waals surface area contributed by atoms with Crippen LogP contribution in [0.1, 0.15) is 110 Å². The molecule has 0 heterocycles. The monoisotopic (exact) mass is 540 g/mol. The van der Waals surface area contributed by atoms with Crippen LogP contribution in [0, 0.1) is 0 Å². The van der Waals surface area contributed by atoms with E-state index in [9.17, 15) is 19.4 Å². The van der Waals surface area contributed by atoms with Crippen LogP contribution in [0.25, 0.3) is 0 Å². The average Bonchev–Trinajstić information content (AvgIpc) is 2.80. The predicted molar refractivity (Wildman–Crippen MR) is 143 cm³/mol. The number of unbranched alkanes of at least 4 members (excludes halogenated alkanes) is 14. The number of aliphatic hydroxyl groups excluding tert-OH is 1. The van der Waals surface area contributed by atoms with Crippen LogP contribution in [0.4, 0.5) is 0 Å². The van der Waals surface area contributed by atoms with E-state index in [0.29, 0.717) is 17.4 Å². The number of hydrogen-bond donors (Lipinski definition) is 3. The van der Waals surface area contributed by atoms with Gasteiger partial charge < -0.3 is 14.5 Å². The highest BCUT2D eigenvalue weighted by Gasteiger charge is 2.37. The van der Waals surface area contributed by atoms with Crippen molar-refractivity contribution in [2.45, 2.75) is 122 Å². The Bertz CT molecular complexity index is 581. The number of hydrogen-bond acceptors (Lipinski definition) is 7. The van der Waals surface area contributed by atoms with Gasteiger partial charge in [0.1, 0.15) is 19.3 Å². The van der Waals surface area contributed by atoms with Crippen molar-refractivity contribution in [2.75, 3.05) is 40.9 Å². The Balaban J connectivity index is 4.12. The Kier molecular flexibility index (Phi) is 21.3. The number of phosphoric ester groups is 1. The predicted octanol–water partition coefficient (Wildman–Crippen LogP) is 5.88. The molecule has 9 nitrogen and oxygen atoms in total. The molecule has 0 aromatic rings. The Hall–Kier alpha value is -0.380. The Morgan fingerprint density at radius 3 is 1.67 bits per heavy atom. The summed E-state index contributed by atoms with van der Waals surface area (Å²) in [6.07, 6.45) is 15.2. The van der Waals surface area contributed by atoms with Crippen molar-refractivity contribution < 1.29 is 43.0 Å². The highest BCUT2D eigenvalue weighted by Crippen LogP contribution is 2.45. The zero-order chi connectivity index (χ0) is 27.3. The lowest BCUT2D eigenvalue weighted by molar-refractivity contribution is -0.870. The topological polar surface area (TPSA) is 123 Å². The summed E-state index contributed by atoms with van der Waals surface area (Å²) in [6, 6.07) is 0. The number of ketones is 1. The van der Waals surface area contributed by atoms with Crippen LogP contribution < -0.4 is 0 Å². The fourth-order valence-corrected chi connectivity index (χ4v) is 4.85. The lowest BCUT2D eigenvalue weighted by Gasteiger charge is -2.26. The molecule has 0 aliphatic heterocycles. The van der Waals surface area contributed by atoms with Crippen molar-refractivity contribution >= 4 is 13.6 Å². The van der Waals surface area contributed by atoms with Gasteiger partial charge >= 0.3 is 7.82 Å². The summed E-state index contributed by atoms with van der Waals surface area (Å²) in [5.74, 6) is -0.512. The molecule has 0 bridgehead atoms. The molecule has 2 unspecified atom stereocenters. The zero-order valence-electron chi connectivity index (χ0n) is 23.4. The molecule has 216 valence electrons. The molecular weight excluding hydrogens is 485 g/mol. The van der Waals surface area contributed by atoms with Gasteiger partial charge in [-0.1, -0.05) is 96.8 Å². The van der Waals surface area contributed by atoms with Crippen LogP contribution in [-0.4, -0.2) is 78.6 Å². The number of carbonyl (C=O) groups is 1. The molecule has 0 spiro atoms. The summed E-state index contributed by atoms with van der Waals surface area (Å²) in [5, 5.41) is 18.4. The third-order valence-corrected chi connectivity index (χ3v) is 7.26. The van der Waals surface area contributed by atoms with Gasteiger partial charge in [0.05, 0.1) is 27.7 Å². The van der Waals surface area contributed by atoms with Gasteiger partial charge in [-0.15, -0.1) is 0 Å². The molecule has 0 aromatic carbocycles. The lowest BCUT2D eigenvalue weighted by atomic mass is 10.0. The van der Waals surface area contributed by atoms with Crippen molar-refractivity contribution in [2.24, 2.45) is 0 Å².